The molecule has 1 fully saturated rings. The summed E-state index contributed by atoms with van der Waals surface area (Å²) in [6.45, 7) is 7.43. The van der Waals surface area contributed by atoms with Crippen LogP contribution in [-0.4, -0.2) is 43.5 Å². The smallest absolute Gasteiger partial charge is 0.407 e. The molecule has 26 heavy (non-hydrogen) atoms. The molecular weight excluding hydrogens is 359 g/mol. The lowest BCUT2D eigenvalue weighted by molar-refractivity contribution is 0.0512. The van der Waals surface area contributed by atoms with E-state index in [-0.39, 0.29) is 17.5 Å². The minimum Gasteiger partial charge on any atom is -0.444 e. The van der Waals surface area contributed by atoms with Crippen molar-refractivity contribution in [3.8, 4) is 0 Å². The minimum absolute atomic E-state index is 0.0262. The quantitative estimate of drug-likeness (QED) is 0.862. The Balaban J connectivity index is 2.17. The van der Waals surface area contributed by atoms with Gasteiger partial charge in [0.2, 0.25) is 10.0 Å². The van der Waals surface area contributed by atoms with Crippen molar-refractivity contribution >= 4 is 16.1 Å². The highest BCUT2D eigenvalue weighted by molar-refractivity contribution is 7.89. The largest absolute Gasteiger partial charge is 0.444 e. The van der Waals surface area contributed by atoms with E-state index in [1.54, 1.807) is 27.7 Å². The normalized spacial score (nSPS) is 19.2. The first kappa shape index (κ1) is 20.6. The fourth-order valence-electron chi connectivity index (χ4n) is 2.99. The molecule has 0 aliphatic carbocycles. The molecule has 0 bridgehead atoms. The number of hydrogen-bond acceptors (Lipinski definition) is 4. The van der Waals surface area contributed by atoms with Gasteiger partial charge in [-0.2, -0.15) is 4.31 Å². The number of aryl methyl sites for hydroxylation is 1. The topological polar surface area (TPSA) is 75.7 Å². The van der Waals surface area contributed by atoms with Crippen molar-refractivity contribution < 1.29 is 22.3 Å². The SMILES string of the molecule is Cc1ccc(F)cc1S(=O)(=O)N1CCCCC1CNC(=O)OC(C)(C)C. The Bertz CT molecular complexity index is 759. The van der Waals surface area contributed by atoms with Crippen molar-refractivity contribution in [3.05, 3.63) is 29.6 Å². The Morgan fingerprint density at radius 2 is 2.04 bits per heavy atom. The fourth-order valence-corrected chi connectivity index (χ4v) is 4.92. The molecule has 6 nitrogen and oxygen atoms in total. The first-order valence-corrected chi connectivity index (χ1v) is 10.2. The van der Waals surface area contributed by atoms with Crippen molar-refractivity contribution in [2.75, 3.05) is 13.1 Å². The number of hydrogen-bond donors (Lipinski definition) is 1. The van der Waals surface area contributed by atoms with Crippen molar-refractivity contribution in [3.63, 3.8) is 0 Å². The van der Waals surface area contributed by atoms with Crippen LogP contribution in [-0.2, 0) is 14.8 Å². The number of amides is 1. The maximum Gasteiger partial charge on any atom is 0.407 e. The van der Waals surface area contributed by atoms with Gasteiger partial charge in [0.05, 0.1) is 4.90 Å². The van der Waals surface area contributed by atoms with Crippen molar-refractivity contribution in [2.24, 2.45) is 0 Å². The Morgan fingerprint density at radius 3 is 2.69 bits per heavy atom. The molecule has 1 aliphatic heterocycles. The summed E-state index contributed by atoms with van der Waals surface area (Å²) in [5.74, 6) is -0.588. The monoisotopic (exact) mass is 386 g/mol. The van der Waals surface area contributed by atoms with Crippen molar-refractivity contribution in [1.29, 1.82) is 0 Å². The summed E-state index contributed by atoms with van der Waals surface area (Å²) in [6.07, 6.45) is 1.65. The number of ether oxygens (including phenoxy) is 1. The number of rotatable bonds is 4. The molecule has 1 N–H and O–H groups in total. The minimum atomic E-state index is -3.85. The molecule has 1 heterocycles. The third kappa shape index (κ3) is 5.17. The lowest BCUT2D eigenvalue weighted by Gasteiger charge is -2.35. The average Bonchev–Trinajstić information content (AvgIpc) is 2.53. The van der Waals surface area contributed by atoms with Gasteiger partial charge in [0.15, 0.2) is 0 Å². The maximum atomic E-state index is 13.6. The van der Waals surface area contributed by atoms with Gasteiger partial charge in [0.1, 0.15) is 11.4 Å². The number of halogens is 1. The summed E-state index contributed by atoms with van der Waals surface area (Å²) >= 11 is 0. The summed E-state index contributed by atoms with van der Waals surface area (Å²) in [6, 6.07) is 3.37. The second-order valence-corrected chi connectivity index (χ2v) is 9.42. The van der Waals surface area contributed by atoms with Crippen molar-refractivity contribution in [1.82, 2.24) is 9.62 Å². The van der Waals surface area contributed by atoms with E-state index in [2.05, 4.69) is 5.32 Å². The van der Waals surface area contributed by atoms with Gasteiger partial charge in [-0.25, -0.2) is 17.6 Å². The molecule has 1 atom stereocenters. The standard InChI is InChI=1S/C18H27FN2O4S/c1-13-8-9-14(19)11-16(13)26(23,24)21-10-6-5-7-15(21)12-20-17(22)25-18(2,3)4/h8-9,11,15H,5-7,10,12H2,1-4H3,(H,20,22). The number of nitrogens with one attached hydrogen (secondary N) is 1. The molecule has 1 aliphatic rings. The van der Waals surface area contributed by atoms with E-state index in [9.17, 15) is 17.6 Å². The van der Waals surface area contributed by atoms with Crippen LogP contribution in [0.25, 0.3) is 0 Å². The maximum absolute atomic E-state index is 13.6. The van der Waals surface area contributed by atoms with Crippen LogP contribution in [0, 0.1) is 12.7 Å². The molecule has 1 aromatic rings. The number of benzene rings is 1. The molecule has 8 heteroatoms. The molecule has 1 aromatic carbocycles. The fraction of sp³-hybridized carbons (Fsp3) is 0.611. The number of nitrogens with zero attached hydrogens (tertiary/aromatic N) is 1. The Hall–Kier alpha value is -1.67. The van der Waals surface area contributed by atoms with E-state index in [4.69, 9.17) is 4.74 Å². The predicted molar refractivity (Wildman–Crippen MR) is 96.9 cm³/mol. The summed E-state index contributed by atoms with van der Waals surface area (Å²) in [5.41, 5.74) is -0.128. The molecule has 0 radical (unpaired) electrons. The Morgan fingerprint density at radius 1 is 1.35 bits per heavy atom. The van der Waals surface area contributed by atoms with Crippen LogP contribution in [0.15, 0.2) is 23.1 Å². The lowest BCUT2D eigenvalue weighted by atomic mass is 10.1. The molecule has 2 rings (SSSR count). The van der Waals surface area contributed by atoms with Crippen LogP contribution in [0.5, 0.6) is 0 Å². The van der Waals surface area contributed by atoms with Gasteiger partial charge in [-0.1, -0.05) is 12.5 Å². The number of carbonyl (C=O) groups is 1. The van der Waals surface area contributed by atoms with Crippen LogP contribution >= 0.6 is 0 Å². The second kappa shape index (κ2) is 7.92. The highest BCUT2D eigenvalue weighted by atomic mass is 32.2. The Kier molecular flexibility index (Phi) is 6.29. The van der Waals surface area contributed by atoms with Crippen LogP contribution in [0.4, 0.5) is 9.18 Å². The van der Waals surface area contributed by atoms with E-state index < -0.39 is 27.5 Å². The molecule has 0 spiro atoms. The molecule has 1 amide bonds. The number of piperidine rings is 1. The highest BCUT2D eigenvalue weighted by Gasteiger charge is 2.35. The molecular formula is C18H27FN2O4S. The molecule has 0 aromatic heterocycles. The van der Waals surface area contributed by atoms with E-state index in [0.29, 0.717) is 18.5 Å². The summed E-state index contributed by atoms with van der Waals surface area (Å²) in [7, 11) is -3.85. The number of alkyl carbamates (subject to hydrolysis) is 1. The summed E-state index contributed by atoms with van der Waals surface area (Å²) in [5, 5.41) is 2.65. The second-order valence-electron chi connectivity index (χ2n) is 7.56. The zero-order valence-electron chi connectivity index (χ0n) is 15.7. The van der Waals surface area contributed by atoms with E-state index in [1.807, 2.05) is 0 Å². The summed E-state index contributed by atoms with van der Waals surface area (Å²) < 4.78 is 46.3. The number of carbonyl (C=O) groups excluding carboxylic acids is 1. The molecule has 1 unspecified atom stereocenters. The number of sulfonamides is 1. The third-order valence-corrected chi connectivity index (χ3v) is 6.28. The summed E-state index contributed by atoms with van der Waals surface area (Å²) in [4.78, 5) is 11.8. The first-order chi connectivity index (χ1) is 12.0. The van der Waals surface area contributed by atoms with Crippen LogP contribution in [0.1, 0.15) is 45.6 Å². The van der Waals surface area contributed by atoms with Gasteiger partial charge >= 0.3 is 6.09 Å². The van der Waals surface area contributed by atoms with Crippen molar-refractivity contribution in [2.45, 2.75) is 63.5 Å². The lowest BCUT2D eigenvalue weighted by Crippen LogP contribution is -2.50. The molecule has 1 saturated heterocycles. The third-order valence-electron chi connectivity index (χ3n) is 4.19. The molecule has 0 saturated carbocycles. The van der Waals surface area contributed by atoms with Crippen LogP contribution in [0.3, 0.4) is 0 Å². The zero-order chi connectivity index (χ0) is 19.5. The molecule has 146 valence electrons. The van der Waals surface area contributed by atoms with E-state index >= 15 is 0 Å². The van der Waals surface area contributed by atoms with E-state index in [1.165, 1.54) is 16.4 Å². The predicted octanol–water partition coefficient (Wildman–Crippen LogP) is 3.20. The van der Waals surface area contributed by atoms with Crippen LogP contribution < -0.4 is 5.32 Å². The zero-order valence-corrected chi connectivity index (χ0v) is 16.5. The average molecular weight is 386 g/mol. The van der Waals surface area contributed by atoms with Gasteiger partial charge in [0, 0.05) is 19.1 Å². The first-order valence-electron chi connectivity index (χ1n) is 8.75. The van der Waals surface area contributed by atoms with Gasteiger partial charge in [-0.15, -0.1) is 0 Å². The highest BCUT2D eigenvalue weighted by Crippen LogP contribution is 2.27. The van der Waals surface area contributed by atoms with Gasteiger partial charge in [-0.3, -0.25) is 0 Å². The van der Waals surface area contributed by atoms with Gasteiger partial charge in [0.25, 0.3) is 0 Å². The van der Waals surface area contributed by atoms with Crippen LogP contribution in [0.2, 0.25) is 0 Å². The Labute approximate surface area is 154 Å². The van der Waals surface area contributed by atoms with Gasteiger partial charge < -0.3 is 10.1 Å². The van der Waals surface area contributed by atoms with E-state index in [0.717, 1.165) is 18.9 Å². The van der Waals surface area contributed by atoms with Gasteiger partial charge in [-0.05, 0) is 58.2 Å².